The number of nitrogens with zero attached hydrogens (tertiary/aromatic N) is 2. The minimum Gasteiger partial charge on any atom is -0.480 e. The van der Waals surface area contributed by atoms with Gasteiger partial charge in [0.25, 0.3) is 0 Å². The number of carbonyl (C=O) groups excluding carboxylic acids is 1. The minimum atomic E-state index is -1.07. The first-order chi connectivity index (χ1) is 8.13. The molecule has 0 aliphatic rings. The van der Waals surface area contributed by atoms with Crippen LogP contribution >= 0.6 is 0 Å². The number of amides is 2. The third kappa shape index (κ3) is 4.37. The second kappa shape index (κ2) is 6.31. The molecule has 0 radical (unpaired) electrons. The Morgan fingerprint density at radius 3 is 2.94 bits per heavy atom. The number of nitrogens with one attached hydrogen (secondary N) is 2. The van der Waals surface area contributed by atoms with E-state index < -0.39 is 12.0 Å². The second-order valence-corrected chi connectivity index (χ2v) is 3.26. The number of aliphatic carboxylic acids is 1. The van der Waals surface area contributed by atoms with Crippen LogP contribution in [0.15, 0.2) is 25.0 Å². The Morgan fingerprint density at radius 2 is 2.41 bits per heavy atom. The van der Waals surface area contributed by atoms with Crippen molar-refractivity contribution in [2.75, 3.05) is 13.1 Å². The molecule has 1 aromatic rings. The Balaban J connectivity index is 2.46. The van der Waals surface area contributed by atoms with Gasteiger partial charge >= 0.3 is 12.0 Å². The quantitative estimate of drug-likeness (QED) is 0.616. The van der Waals surface area contributed by atoms with Crippen molar-refractivity contribution in [1.29, 1.82) is 0 Å². The van der Waals surface area contributed by atoms with Gasteiger partial charge in [-0.3, -0.25) is 4.79 Å². The number of carboxylic acids is 1. The van der Waals surface area contributed by atoms with Gasteiger partial charge in [0, 0.05) is 18.9 Å². The second-order valence-electron chi connectivity index (χ2n) is 3.26. The van der Waals surface area contributed by atoms with Crippen molar-refractivity contribution in [1.82, 2.24) is 20.2 Å². The van der Waals surface area contributed by atoms with Crippen molar-refractivity contribution in [3.05, 3.63) is 30.9 Å². The van der Waals surface area contributed by atoms with Crippen LogP contribution in [-0.2, 0) is 11.3 Å². The molecule has 0 aliphatic heterocycles. The molecule has 0 unspecified atom stereocenters. The average molecular weight is 238 g/mol. The van der Waals surface area contributed by atoms with Crippen LogP contribution in [0.1, 0.15) is 5.82 Å². The number of hydrogen-bond donors (Lipinski definition) is 3. The molecule has 0 bridgehead atoms. The van der Waals surface area contributed by atoms with Crippen molar-refractivity contribution < 1.29 is 14.7 Å². The molecule has 0 atom stereocenters. The normalized spacial score (nSPS) is 9.65. The Labute approximate surface area is 98.2 Å². The van der Waals surface area contributed by atoms with E-state index in [0.29, 0.717) is 5.82 Å². The van der Waals surface area contributed by atoms with Crippen LogP contribution < -0.4 is 5.32 Å². The van der Waals surface area contributed by atoms with Gasteiger partial charge in [-0.2, -0.15) is 0 Å². The summed E-state index contributed by atoms with van der Waals surface area (Å²) in [5, 5.41) is 11.2. The molecule has 7 heteroatoms. The zero-order valence-corrected chi connectivity index (χ0v) is 9.22. The molecule has 7 nitrogen and oxygen atoms in total. The number of H-pyrrole nitrogens is 1. The monoisotopic (exact) mass is 238 g/mol. The number of carbonyl (C=O) groups is 2. The van der Waals surface area contributed by atoms with Crippen molar-refractivity contribution >= 4 is 12.0 Å². The third-order valence-electron chi connectivity index (χ3n) is 1.92. The molecule has 0 spiro atoms. The van der Waals surface area contributed by atoms with Crippen LogP contribution in [0.5, 0.6) is 0 Å². The summed E-state index contributed by atoms with van der Waals surface area (Å²) in [5.41, 5.74) is 0. The average Bonchev–Trinajstić information content (AvgIpc) is 2.77. The number of carboxylic acid groups (broad SMARTS) is 1. The number of imidazole rings is 1. The Morgan fingerprint density at radius 1 is 1.65 bits per heavy atom. The molecule has 0 aliphatic carbocycles. The highest BCUT2D eigenvalue weighted by atomic mass is 16.4. The Kier molecular flexibility index (Phi) is 4.74. The van der Waals surface area contributed by atoms with Crippen LogP contribution in [0, 0.1) is 0 Å². The minimum absolute atomic E-state index is 0.177. The van der Waals surface area contributed by atoms with Crippen LogP contribution in [0.25, 0.3) is 0 Å². The van der Waals surface area contributed by atoms with E-state index in [4.69, 9.17) is 5.11 Å². The number of hydrogen-bond acceptors (Lipinski definition) is 3. The Hall–Kier alpha value is -2.31. The van der Waals surface area contributed by atoms with Crippen molar-refractivity contribution in [2.45, 2.75) is 6.54 Å². The van der Waals surface area contributed by atoms with Gasteiger partial charge < -0.3 is 20.3 Å². The molecule has 0 saturated heterocycles. The van der Waals surface area contributed by atoms with Gasteiger partial charge in [-0.1, -0.05) is 6.08 Å². The number of aromatic nitrogens is 2. The van der Waals surface area contributed by atoms with Crippen molar-refractivity contribution in [2.24, 2.45) is 0 Å². The van der Waals surface area contributed by atoms with Crippen molar-refractivity contribution in [3.8, 4) is 0 Å². The van der Waals surface area contributed by atoms with Gasteiger partial charge in [0.05, 0.1) is 6.54 Å². The summed E-state index contributed by atoms with van der Waals surface area (Å²) in [6.45, 7) is 3.50. The third-order valence-corrected chi connectivity index (χ3v) is 1.92. The fraction of sp³-hybridized carbons (Fsp3) is 0.300. The maximum atomic E-state index is 11.6. The van der Waals surface area contributed by atoms with Gasteiger partial charge in [0.2, 0.25) is 0 Å². The summed E-state index contributed by atoms with van der Waals surface area (Å²) in [6.07, 6.45) is 4.68. The van der Waals surface area contributed by atoms with E-state index in [9.17, 15) is 9.59 Å². The van der Waals surface area contributed by atoms with Gasteiger partial charge in [-0.05, 0) is 0 Å². The van der Waals surface area contributed by atoms with Crippen molar-refractivity contribution in [3.63, 3.8) is 0 Å². The molecule has 1 rings (SSSR count). The molecule has 0 aromatic carbocycles. The smallest absolute Gasteiger partial charge is 0.323 e. The number of urea groups is 1. The molecule has 17 heavy (non-hydrogen) atoms. The zero-order valence-electron chi connectivity index (χ0n) is 9.22. The lowest BCUT2D eigenvalue weighted by molar-refractivity contribution is -0.137. The van der Waals surface area contributed by atoms with Gasteiger partial charge in [-0.15, -0.1) is 6.58 Å². The lowest BCUT2D eigenvalue weighted by Gasteiger charge is -2.18. The summed E-state index contributed by atoms with van der Waals surface area (Å²) in [5.74, 6) is -0.466. The highest BCUT2D eigenvalue weighted by molar-refractivity contribution is 5.80. The van der Waals surface area contributed by atoms with Crippen LogP contribution in [0.3, 0.4) is 0 Å². The molecule has 0 fully saturated rings. The van der Waals surface area contributed by atoms with E-state index in [1.54, 1.807) is 12.4 Å². The molecule has 1 heterocycles. The maximum absolute atomic E-state index is 11.6. The molecular weight excluding hydrogens is 224 g/mol. The molecule has 3 N–H and O–H groups in total. The van der Waals surface area contributed by atoms with Gasteiger partial charge in [0.15, 0.2) is 0 Å². The first-order valence-electron chi connectivity index (χ1n) is 4.97. The van der Waals surface area contributed by atoms with E-state index in [0.717, 1.165) is 4.90 Å². The summed E-state index contributed by atoms with van der Waals surface area (Å²) in [4.78, 5) is 30.1. The molecule has 92 valence electrons. The van der Waals surface area contributed by atoms with E-state index >= 15 is 0 Å². The van der Waals surface area contributed by atoms with E-state index in [2.05, 4.69) is 21.9 Å². The summed E-state index contributed by atoms with van der Waals surface area (Å²) >= 11 is 0. The maximum Gasteiger partial charge on any atom is 0.323 e. The lowest BCUT2D eigenvalue weighted by atomic mass is 10.4. The molecule has 2 amide bonds. The summed E-state index contributed by atoms with van der Waals surface area (Å²) in [7, 11) is 0. The van der Waals surface area contributed by atoms with E-state index in [1.165, 1.54) is 6.08 Å². The zero-order chi connectivity index (χ0) is 12.7. The predicted molar refractivity (Wildman–Crippen MR) is 60.2 cm³/mol. The predicted octanol–water partition coefficient (Wildman–Crippen LogP) is 0.192. The lowest BCUT2D eigenvalue weighted by Crippen LogP contribution is -2.42. The first-order valence-corrected chi connectivity index (χ1v) is 4.97. The number of aromatic amines is 1. The molecule has 1 aromatic heterocycles. The number of rotatable bonds is 6. The largest absolute Gasteiger partial charge is 0.480 e. The van der Waals surface area contributed by atoms with Crippen LogP contribution in [0.2, 0.25) is 0 Å². The van der Waals surface area contributed by atoms with Gasteiger partial charge in [0.1, 0.15) is 12.4 Å². The topological polar surface area (TPSA) is 98.3 Å². The summed E-state index contributed by atoms with van der Waals surface area (Å²) < 4.78 is 0. The fourth-order valence-electron chi connectivity index (χ4n) is 1.20. The molecular formula is C10H14N4O3. The van der Waals surface area contributed by atoms with Gasteiger partial charge in [-0.25, -0.2) is 9.78 Å². The van der Waals surface area contributed by atoms with Crippen LogP contribution in [-0.4, -0.2) is 45.1 Å². The SMILES string of the molecule is C=CCN(CC(=O)O)C(=O)NCc1ncc[nH]1. The Bertz CT molecular complexity index is 388. The first kappa shape index (κ1) is 12.8. The standard InChI is InChI=1S/C10H14N4O3/c1-2-5-14(7-9(15)16)10(17)13-6-8-11-3-4-12-8/h2-4H,1,5-7H2,(H,11,12)(H,13,17)(H,15,16). The molecule has 0 saturated carbocycles. The fourth-order valence-corrected chi connectivity index (χ4v) is 1.20. The van der Waals surface area contributed by atoms with E-state index in [1.807, 2.05) is 0 Å². The highest BCUT2D eigenvalue weighted by Gasteiger charge is 2.14. The summed E-state index contributed by atoms with van der Waals surface area (Å²) in [6, 6.07) is -0.469. The highest BCUT2D eigenvalue weighted by Crippen LogP contribution is 1.93. The van der Waals surface area contributed by atoms with Crippen LogP contribution in [0.4, 0.5) is 4.79 Å². The van der Waals surface area contributed by atoms with E-state index in [-0.39, 0.29) is 19.6 Å².